The van der Waals surface area contributed by atoms with E-state index in [4.69, 9.17) is 0 Å². The zero-order chi connectivity index (χ0) is 6.97. The maximum absolute atomic E-state index is 4.16. The summed E-state index contributed by atoms with van der Waals surface area (Å²) in [5.41, 5.74) is 1.95. The van der Waals surface area contributed by atoms with Crippen molar-refractivity contribution >= 4 is 19.0 Å². The normalized spacial score (nSPS) is 11.3. The van der Waals surface area contributed by atoms with E-state index >= 15 is 0 Å². The van der Waals surface area contributed by atoms with Gasteiger partial charge < -0.3 is 0 Å². The highest BCUT2D eigenvalue weighted by molar-refractivity contribution is 7.35. The van der Waals surface area contributed by atoms with Crippen molar-refractivity contribution in [1.29, 1.82) is 0 Å². The Morgan fingerprint density at radius 2 is 2.20 bits per heavy atom. The lowest BCUT2D eigenvalue weighted by Crippen LogP contribution is -1.83. The van der Waals surface area contributed by atoms with Crippen LogP contribution in [0.2, 0.25) is 0 Å². The van der Waals surface area contributed by atoms with Gasteiger partial charge in [-0.2, -0.15) is 0 Å². The smallest absolute Gasteiger partial charge is 0.116 e. The highest BCUT2D eigenvalue weighted by Crippen LogP contribution is 2.19. The first kappa shape index (κ1) is 5.81. The largest absolute Gasteiger partial charge is 0.248 e. The van der Waals surface area contributed by atoms with Gasteiger partial charge in [-0.1, -0.05) is 8.19 Å². The Hall–Kier alpha value is -0.950. The first-order chi connectivity index (χ1) is 4.88. The molecule has 0 radical (unpaired) electrons. The average molecular weight is 151 g/mol. The maximum atomic E-state index is 4.16. The van der Waals surface area contributed by atoms with Crippen LogP contribution in [0.5, 0.6) is 0 Å². The van der Waals surface area contributed by atoms with Crippen LogP contribution in [0.25, 0.3) is 10.8 Å². The monoisotopic (exact) mass is 151 g/mol. The summed E-state index contributed by atoms with van der Waals surface area (Å²) < 4.78 is 0. The second-order valence-electron chi connectivity index (χ2n) is 2.06. The summed E-state index contributed by atoms with van der Waals surface area (Å²) in [5, 5.41) is 1.08. The van der Waals surface area contributed by atoms with Crippen molar-refractivity contribution in [2.24, 2.45) is 0 Å². The number of hydrogen-bond donors (Lipinski definition) is 0. The highest BCUT2D eigenvalue weighted by atomic mass is 31.0. The van der Waals surface area contributed by atoms with Gasteiger partial charge in [-0.25, -0.2) is 15.0 Å². The van der Waals surface area contributed by atoms with E-state index in [1.807, 2.05) is 12.9 Å². The third-order valence-corrected chi connectivity index (χ3v) is 2.30. The first-order valence-corrected chi connectivity index (χ1v) is 4.06. The van der Waals surface area contributed by atoms with Crippen LogP contribution in [-0.4, -0.2) is 15.0 Å². The molecule has 1 atom stereocenters. The molecule has 0 amide bonds. The van der Waals surface area contributed by atoms with E-state index in [-0.39, 0.29) is 0 Å². The van der Waals surface area contributed by atoms with E-state index in [1.54, 1.807) is 6.33 Å². The molecular formula is C6H6N3P. The van der Waals surface area contributed by atoms with Crippen molar-refractivity contribution in [2.45, 2.75) is 6.92 Å². The van der Waals surface area contributed by atoms with E-state index in [0.29, 0.717) is 8.19 Å². The Balaban J connectivity index is 2.95. The van der Waals surface area contributed by atoms with Gasteiger partial charge in [-0.05, 0) is 6.92 Å². The topological polar surface area (TPSA) is 38.7 Å². The molecule has 2 heterocycles. The van der Waals surface area contributed by atoms with Crippen LogP contribution < -0.4 is 0 Å². The quantitative estimate of drug-likeness (QED) is 0.570. The molecule has 1 unspecified atom stereocenters. The van der Waals surface area contributed by atoms with E-state index in [9.17, 15) is 0 Å². The van der Waals surface area contributed by atoms with Crippen molar-refractivity contribution < 1.29 is 0 Å². The van der Waals surface area contributed by atoms with E-state index in [0.717, 1.165) is 16.5 Å². The molecule has 0 aliphatic heterocycles. The fourth-order valence-electron chi connectivity index (χ4n) is 0.885. The molecule has 50 valence electrons. The molecule has 0 aliphatic carbocycles. The van der Waals surface area contributed by atoms with Crippen LogP contribution in [-0.2, 0) is 0 Å². The molecule has 0 fully saturated rings. The predicted octanol–water partition coefficient (Wildman–Crippen LogP) is 1.36. The van der Waals surface area contributed by atoms with Gasteiger partial charge in [-0.3, -0.25) is 0 Å². The molecule has 0 saturated carbocycles. The van der Waals surface area contributed by atoms with Gasteiger partial charge in [0, 0.05) is 5.93 Å². The third kappa shape index (κ3) is 0.711. The van der Waals surface area contributed by atoms with Gasteiger partial charge in [0.25, 0.3) is 0 Å². The summed E-state index contributed by atoms with van der Waals surface area (Å²) in [7, 11) is 0.633. The molecule has 3 nitrogen and oxygen atoms in total. The SMILES string of the molecule is Cc1ncnc2[pH]cnc12. The summed E-state index contributed by atoms with van der Waals surface area (Å²) >= 11 is 0. The fraction of sp³-hybridized carbons (Fsp3) is 0.167. The first-order valence-electron chi connectivity index (χ1n) is 2.98. The molecule has 0 spiro atoms. The Bertz CT molecular complexity index is 355. The average Bonchev–Trinajstić information content (AvgIpc) is 2.36. The minimum Gasteiger partial charge on any atom is -0.248 e. The summed E-state index contributed by atoms with van der Waals surface area (Å²) in [6.45, 7) is 1.95. The second kappa shape index (κ2) is 2.03. The Morgan fingerprint density at radius 1 is 1.30 bits per heavy atom. The van der Waals surface area contributed by atoms with Gasteiger partial charge >= 0.3 is 0 Å². The van der Waals surface area contributed by atoms with Crippen molar-refractivity contribution in [1.82, 2.24) is 15.0 Å². The van der Waals surface area contributed by atoms with Crippen molar-refractivity contribution in [3.8, 4) is 0 Å². The van der Waals surface area contributed by atoms with Crippen LogP contribution in [0.3, 0.4) is 0 Å². The van der Waals surface area contributed by atoms with Crippen LogP contribution in [0.15, 0.2) is 12.3 Å². The summed E-state index contributed by atoms with van der Waals surface area (Å²) in [6.07, 6.45) is 1.59. The standard InChI is InChI=1S/C6H6N3P/c1-4-5-6(8-2-7-4)10-3-9-5/h2-3,10H,1H3. The zero-order valence-corrected chi connectivity index (χ0v) is 6.50. The summed E-state index contributed by atoms with van der Waals surface area (Å²) in [6, 6.07) is 0. The lowest BCUT2D eigenvalue weighted by Gasteiger charge is -1.89. The fourth-order valence-corrected chi connectivity index (χ4v) is 1.72. The second-order valence-corrected chi connectivity index (χ2v) is 3.08. The molecule has 0 bridgehead atoms. The van der Waals surface area contributed by atoms with Crippen LogP contribution in [0, 0.1) is 6.92 Å². The molecule has 2 aromatic heterocycles. The van der Waals surface area contributed by atoms with E-state index < -0.39 is 0 Å². The van der Waals surface area contributed by atoms with Crippen molar-refractivity contribution in [3.63, 3.8) is 0 Å². The minimum atomic E-state index is 0.633. The van der Waals surface area contributed by atoms with E-state index in [1.165, 1.54) is 0 Å². The lowest BCUT2D eigenvalue weighted by molar-refractivity contribution is 1.14. The Labute approximate surface area is 59.6 Å². The number of nitrogens with zero attached hydrogens (tertiary/aromatic N) is 3. The number of aryl methyl sites for hydroxylation is 1. The number of fused-ring (bicyclic) bond motifs is 1. The zero-order valence-electron chi connectivity index (χ0n) is 5.50. The molecule has 0 aromatic carbocycles. The molecule has 2 aromatic rings. The van der Waals surface area contributed by atoms with Crippen LogP contribution in [0.1, 0.15) is 5.69 Å². The van der Waals surface area contributed by atoms with Gasteiger partial charge in [-0.15, -0.1) is 0 Å². The maximum Gasteiger partial charge on any atom is 0.116 e. The van der Waals surface area contributed by atoms with E-state index in [2.05, 4.69) is 15.0 Å². The molecule has 2 rings (SSSR count). The van der Waals surface area contributed by atoms with Crippen LogP contribution in [0.4, 0.5) is 0 Å². The molecule has 0 saturated heterocycles. The number of aromatic nitrogens is 3. The third-order valence-electron chi connectivity index (χ3n) is 1.40. The lowest BCUT2D eigenvalue weighted by atomic mass is 10.4. The highest BCUT2D eigenvalue weighted by Gasteiger charge is 1.98. The van der Waals surface area contributed by atoms with Crippen LogP contribution >= 0.6 is 8.19 Å². The molecular weight excluding hydrogens is 145 g/mol. The number of hydrogen-bond acceptors (Lipinski definition) is 3. The van der Waals surface area contributed by atoms with Crippen molar-refractivity contribution in [2.75, 3.05) is 0 Å². The van der Waals surface area contributed by atoms with Gasteiger partial charge in [0.15, 0.2) is 0 Å². The molecule has 10 heavy (non-hydrogen) atoms. The van der Waals surface area contributed by atoms with Gasteiger partial charge in [0.05, 0.1) is 5.69 Å². The Kier molecular flexibility index (Phi) is 1.18. The Morgan fingerprint density at radius 3 is 3.00 bits per heavy atom. The van der Waals surface area contributed by atoms with Gasteiger partial charge in [0.2, 0.25) is 0 Å². The summed E-state index contributed by atoms with van der Waals surface area (Å²) in [4.78, 5) is 12.3. The molecule has 0 N–H and O–H groups in total. The minimum absolute atomic E-state index is 0.633. The number of rotatable bonds is 0. The van der Waals surface area contributed by atoms with Gasteiger partial charge in [0.1, 0.15) is 17.1 Å². The van der Waals surface area contributed by atoms with Crippen molar-refractivity contribution in [3.05, 3.63) is 17.9 Å². The summed E-state index contributed by atoms with van der Waals surface area (Å²) in [5.74, 6) is 1.90. The molecule has 4 heteroatoms. The predicted molar refractivity (Wildman–Crippen MR) is 41.6 cm³/mol. The molecule has 0 aliphatic rings.